The van der Waals surface area contributed by atoms with Crippen molar-refractivity contribution < 1.29 is 4.74 Å². The maximum Gasteiger partial charge on any atom is 0.0862 e. The fourth-order valence-electron chi connectivity index (χ4n) is 1.72. The highest BCUT2D eigenvalue weighted by molar-refractivity contribution is 5.71. The van der Waals surface area contributed by atoms with E-state index in [-0.39, 0.29) is 0 Å². The van der Waals surface area contributed by atoms with Crippen LogP contribution in [0.1, 0.15) is 17.5 Å². The Hall–Kier alpha value is -1.24. The summed E-state index contributed by atoms with van der Waals surface area (Å²) in [5.41, 5.74) is 4.13. The largest absolute Gasteiger partial charge is 0.504 e. The first kappa shape index (κ1) is 7.41. The van der Waals surface area contributed by atoms with E-state index in [0.29, 0.717) is 0 Å². The van der Waals surface area contributed by atoms with E-state index >= 15 is 0 Å². The summed E-state index contributed by atoms with van der Waals surface area (Å²) in [6.45, 7) is 0. The number of hydrogen-bond donors (Lipinski definition) is 0. The van der Waals surface area contributed by atoms with Crippen molar-refractivity contribution >= 4 is 5.57 Å². The van der Waals surface area contributed by atoms with Gasteiger partial charge in [0, 0.05) is 0 Å². The van der Waals surface area contributed by atoms with Crippen LogP contribution in [0.3, 0.4) is 0 Å². The van der Waals surface area contributed by atoms with Gasteiger partial charge in [-0.15, -0.1) is 0 Å². The molecule has 2 rings (SSSR count). The molecule has 0 aliphatic heterocycles. The number of allylic oxidation sites excluding steroid dienone is 1. The van der Waals surface area contributed by atoms with Crippen LogP contribution in [-0.4, -0.2) is 7.11 Å². The lowest BCUT2D eigenvalue weighted by Gasteiger charge is -1.98. The molecular formula is C11H12O. The molecule has 1 aliphatic carbocycles. The summed E-state index contributed by atoms with van der Waals surface area (Å²) >= 11 is 0. The minimum atomic E-state index is 1.12. The van der Waals surface area contributed by atoms with Crippen LogP contribution in [0.5, 0.6) is 0 Å². The van der Waals surface area contributed by atoms with E-state index in [0.717, 1.165) is 12.8 Å². The molecule has 1 aromatic carbocycles. The first-order valence-electron chi connectivity index (χ1n) is 4.22. The predicted octanol–water partition coefficient (Wildman–Crippen LogP) is 2.62. The summed E-state index contributed by atoms with van der Waals surface area (Å²) in [6, 6.07) is 8.52. The topological polar surface area (TPSA) is 9.23 Å². The van der Waals surface area contributed by atoms with Gasteiger partial charge in [0.25, 0.3) is 0 Å². The van der Waals surface area contributed by atoms with Crippen LogP contribution >= 0.6 is 0 Å². The van der Waals surface area contributed by atoms with Gasteiger partial charge in [-0.1, -0.05) is 24.3 Å². The first-order chi connectivity index (χ1) is 5.92. The Morgan fingerprint density at radius 2 is 2.08 bits per heavy atom. The van der Waals surface area contributed by atoms with E-state index in [1.165, 1.54) is 16.7 Å². The van der Waals surface area contributed by atoms with Crippen molar-refractivity contribution in [2.75, 3.05) is 7.11 Å². The molecule has 62 valence electrons. The lowest BCUT2D eigenvalue weighted by Crippen LogP contribution is -1.79. The molecule has 0 aromatic heterocycles. The van der Waals surface area contributed by atoms with Crippen molar-refractivity contribution in [2.45, 2.75) is 12.8 Å². The summed E-state index contributed by atoms with van der Waals surface area (Å²) in [6.07, 6.45) is 4.13. The summed E-state index contributed by atoms with van der Waals surface area (Å²) in [5.74, 6) is 0. The molecule has 1 aliphatic rings. The van der Waals surface area contributed by atoms with Crippen molar-refractivity contribution in [1.82, 2.24) is 0 Å². The quantitative estimate of drug-likeness (QED) is 0.574. The summed E-state index contributed by atoms with van der Waals surface area (Å²) < 4.78 is 5.02. The molecule has 0 atom stereocenters. The number of methoxy groups -OCH3 is 1. The van der Waals surface area contributed by atoms with E-state index in [9.17, 15) is 0 Å². The summed E-state index contributed by atoms with van der Waals surface area (Å²) in [4.78, 5) is 0. The SMILES string of the molecule is CO/C=C1/CCc2ccccc21. The van der Waals surface area contributed by atoms with Crippen LogP contribution in [-0.2, 0) is 11.2 Å². The van der Waals surface area contributed by atoms with Gasteiger partial charge in [0.15, 0.2) is 0 Å². The van der Waals surface area contributed by atoms with Crippen LogP contribution in [0.25, 0.3) is 5.57 Å². The van der Waals surface area contributed by atoms with E-state index in [4.69, 9.17) is 4.74 Å². The molecule has 1 aromatic rings. The van der Waals surface area contributed by atoms with Crippen molar-refractivity contribution in [2.24, 2.45) is 0 Å². The van der Waals surface area contributed by atoms with Crippen molar-refractivity contribution in [3.63, 3.8) is 0 Å². The van der Waals surface area contributed by atoms with Crippen LogP contribution in [0.4, 0.5) is 0 Å². The number of aryl methyl sites for hydroxylation is 1. The van der Waals surface area contributed by atoms with Crippen molar-refractivity contribution in [3.05, 3.63) is 41.7 Å². The molecular weight excluding hydrogens is 148 g/mol. The van der Waals surface area contributed by atoms with E-state index in [1.807, 2.05) is 6.26 Å². The highest BCUT2D eigenvalue weighted by atomic mass is 16.5. The zero-order valence-corrected chi connectivity index (χ0v) is 7.21. The lowest BCUT2D eigenvalue weighted by atomic mass is 10.1. The monoisotopic (exact) mass is 160 g/mol. The third-order valence-corrected chi connectivity index (χ3v) is 2.29. The molecule has 12 heavy (non-hydrogen) atoms. The molecule has 0 saturated carbocycles. The molecule has 0 N–H and O–H groups in total. The third-order valence-electron chi connectivity index (χ3n) is 2.29. The molecule has 0 radical (unpaired) electrons. The summed E-state index contributed by atoms with van der Waals surface area (Å²) in [5, 5.41) is 0. The van der Waals surface area contributed by atoms with Crippen LogP contribution in [0.15, 0.2) is 30.5 Å². The van der Waals surface area contributed by atoms with Gasteiger partial charge in [0.2, 0.25) is 0 Å². The third kappa shape index (κ3) is 1.11. The Labute approximate surface area is 72.7 Å². The Kier molecular flexibility index (Phi) is 1.86. The molecule has 0 heterocycles. The highest BCUT2D eigenvalue weighted by Gasteiger charge is 2.14. The average Bonchev–Trinajstić information content (AvgIpc) is 2.50. The van der Waals surface area contributed by atoms with Gasteiger partial charge >= 0.3 is 0 Å². The lowest BCUT2D eigenvalue weighted by molar-refractivity contribution is 0.339. The standard InChI is InChI=1S/C11H12O/c1-12-8-10-7-6-9-4-2-3-5-11(9)10/h2-5,8H,6-7H2,1H3/b10-8-. The van der Waals surface area contributed by atoms with E-state index < -0.39 is 0 Å². The zero-order valence-electron chi connectivity index (χ0n) is 7.21. The second-order valence-corrected chi connectivity index (χ2v) is 3.04. The normalized spacial score (nSPS) is 17.9. The maximum absolute atomic E-state index is 5.02. The van der Waals surface area contributed by atoms with Crippen molar-refractivity contribution in [1.29, 1.82) is 0 Å². The maximum atomic E-state index is 5.02. The van der Waals surface area contributed by atoms with E-state index in [2.05, 4.69) is 24.3 Å². The molecule has 0 amide bonds. The minimum absolute atomic E-state index is 1.12. The average molecular weight is 160 g/mol. The Bertz CT molecular complexity index is 313. The second-order valence-electron chi connectivity index (χ2n) is 3.04. The van der Waals surface area contributed by atoms with Crippen LogP contribution in [0, 0.1) is 0 Å². The minimum Gasteiger partial charge on any atom is -0.504 e. The van der Waals surface area contributed by atoms with Gasteiger partial charge < -0.3 is 4.74 Å². The number of benzene rings is 1. The number of rotatable bonds is 1. The Balaban J connectivity index is 2.43. The number of fused-ring (bicyclic) bond motifs is 1. The van der Waals surface area contributed by atoms with Gasteiger partial charge in [-0.3, -0.25) is 0 Å². The van der Waals surface area contributed by atoms with Gasteiger partial charge in [-0.05, 0) is 29.5 Å². The van der Waals surface area contributed by atoms with Gasteiger partial charge in [0.05, 0.1) is 13.4 Å². The van der Waals surface area contributed by atoms with Gasteiger partial charge in [-0.25, -0.2) is 0 Å². The fourth-order valence-corrected chi connectivity index (χ4v) is 1.72. The highest BCUT2D eigenvalue weighted by Crippen LogP contribution is 2.31. The smallest absolute Gasteiger partial charge is 0.0862 e. The molecule has 0 spiro atoms. The summed E-state index contributed by atoms with van der Waals surface area (Å²) in [7, 11) is 1.70. The molecule has 0 saturated heterocycles. The first-order valence-corrected chi connectivity index (χ1v) is 4.22. The molecule has 0 bridgehead atoms. The molecule has 1 heteroatoms. The fraction of sp³-hybridized carbons (Fsp3) is 0.273. The molecule has 0 fully saturated rings. The molecule has 0 unspecified atom stereocenters. The Morgan fingerprint density at radius 1 is 1.25 bits per heavy atom. The van der Waals surface area contributed by atoms with Crippen LogP contribution < -0.4 is 0 Å². The van der Waals surface area contributed by atoms with Crippen molar-refractivity contribution in [3.8, 4) is 0 Å². The number of hydrogen-bond acceptors (Lipinski definition) is 1. The van der Waals surface area contributed by atoms with E-state index in [1.54, 1.807) is 7.11 Å². The second kappa shape index (κ2) is 3.02. The predicted molar refractivity (Wildman–Crippen MR) is 49.7 cm³/mol. The Morgan fingerprint density at radius 3 is 2.92 bits per heavy atom. The zero-order chi connectivity index (χ0) is 8.39. The van der Waals surface area contributed by atoms with Gasteiger partial charge in [0.1, 0.15) is 0 Å². The van der Waals surface area contributed by atoms with Gasteiger partial charge in [-0.2, -0.15) is 0 Å². The number of ether oxygens (including phenoxy) is 1. The van der Waals surface area contributed by atoms with Crippen LogP contribution in [0.2, 0.25) is 0 Å². The molecule has 1 nitrogen and oxygen atoms in total.